The Hall–Kier alpha value is -0.150. The van der Waals surface area contributed by atoms with E-state index in [-0.39, 0.29) is 0 Å². The molecule has 0 heterocycles. The van der Waals surface area contributed by atoms with Crippen LogP contribution >= 0.6 is 11.6 Å². The molecule has 0 aromatic carbocycles. The minimum absolute atomic E-state index is 0.470. The fourth-order valence-electron chi connectivity index (χ4n) is 0.496. The molecule has 9 heavy (non-hydrogen) atoms. The van der Waals surface area contributed by atoms with Crippen molar-refractivity contribution in [2.45, 2.75) is 26.7 Å². The van der Waals surface area contributed by atoms with Gasteiger partial charge < -0.3 is 0 Å². The molecule has 0 aliphatic rings. The second-order valence-corrected chi connectivity index (χ2v) is 2.69. The van der Waals surface area contributed by atoms with Crippen LogP contribution in [-0.2, 0) is 0 Å². The number of hydrogen-bond donors (Lipinski definition) is 0. The van der Waals surface area contributed by atoms with Crippen LogP contribution < -0.4 is 0 Å². The van der Waals surface area contributed by atoms with Gasteiger partial charge in [0.1, 0.15) is 0 Å². The Kier molecular flexibility index (Phi) is 5.88. The zero-order valence-corrected chi connectivity index (χ0v) is 6.83. The largest absolute Gasteiger partial charge is 0.113 e. The van der Waals surface area contributed by atoms with Crippen LogP contribution in [0.15, 0.2) is 0 Å². The first kappa shape index (κ1) is 8.85. The van der Waals surface area contributed by atoms with E-state index in [0.717, 1.165) is 12.3 Å². The molecule has 0 aliphatic carbocycles. The van der Waals surface area contributed by atoms with Crippen LogP contribution in [0.4, 0.5) is 0 Å². The lowest BCUT2D eigenvalue weighted by atomic mass is 10.1. The molecule has 0 radical (unpaired) electrons. The van der Waals surface area contributed by atoms with Crippen LogP contribution in [0.3, 0.4) is 0 Å². The molecule has 1 heteroatoms. The summed E-state index contributed by atoms with van der Waals surface area (Å²) < 4.78 is 0. The quantitative estimate of drug-likeness (QED) is 0.413. The molecule has 0 amide bonds. The highest BCUT2D eigenvalue weighted by molar-refractivity contribution is 6.19. The van der Waals surface area contributed by atoms with Crippen LogP contribution in [0.1, 0.15) is 26.7 Å². The highest BCUT2D eigenvalue weighted by atomic mass is 35.5. The topological polar surface area (TPSA) is 0 Å². The summed E-state index contributed by atoms with van der Waals surface area (Å²) in [4.78, 5) is 0. The molecular formula is C8H13Cl. The standard InChI is InChI=1S/C8H13Cl/c1-8(2)6-4-3-5-7-9/h8H,4,6-7H2,1-2H3. The molecule has 0 saturated heterocycles. The van der Waals surface area contributed by atoms with Gasteiger partial charge in [-0.3, -0.25) is 0 Å². The molecule has 0 aliphatic heterocycles. The third-order valence-electron chi connectivity index (χ3n) is 1.04. The van der Waals surface area contributed by atoms with Crippen molar-refractivity contribution < 1.29 is 0 Å². The molecule has 0 bridgehead atoms. The van der Waals surface area contributed by atoms with E-state index in [4.69, 9.17) is 11.6 Å². The van der Waals surface area contributed by atoms with Gasteiger partial charge in [-0.25, -0.2) is 0 Å². The maximum Gasteiger partial charge on any atom is 0.0835 e. The summed E-state index contributed by atoms with van der Waals surface area (Å²) in [5, 5.41) is 0. The summed E-state index contributed by atoms with van der Waals surface area (Å²) in [7, 11) is 0. The van der Waals surface area contributed by atoms with Crippen molar-refractivity contribution in [3.05, 3.63) is 0 Å². The van der Waals surface area contributed by atoms with Crippen LogP contribution in [-0.4, -0.2) is 5.88 Å². The molecule has 0 rings (SSSR count). The zero-order valence-electron chi connectivity index (χ0n) is 6.08. The minimum Gasteiger partial charge on any atom is -0.113 e. The predicted molar refractivity (Wildman–Crippen MR) is 42.6 cm³/mol. The van der Waals surface area contributed by atoms with E-state index in [2.05, 4.69) is 25.7 Å². The van der Waals surface area contributed by atoms with Crippen molar-refractivity contribution in [2.75, 3.05) is 5.88 Å². The van der Waals surface area contributed by atoms with Crippen LogP contribution in [0.25, 0.3) is 0 Å². The first-order valence-corrected chi connectivity index (χ1v) is 3.82. The van der Waals surface area contributed by atoms with Gasteiger partial charge in [0, 0.05) is 6.42 Å². The van der Waals surface area contributed by atoms with Gasteiger partial charge in [0.05, 0.1) is 5.88 Å². The zero-order chi connectivity index (χ0) is 7.11. The molecule has 0 aromatic heterocycles. The van der Waals surface area contributed by atoms with E-state index < -0.39 is 0 Å². The third-order valence-corrected chi connectivity index (χ3v) is 1.17. The normalized spacial score (nSPS) is 8.89. The van der Waals surface area contributed by atoms with Crippen molar-refractivity contribution >= 4 is 11.6 Å². The summed E-state index contributed by atoms with van der Waals surface area (Å²) in [6.45, 7) is 4.39. The summed E-state index contributed by atoms with van der Waals surface area (Å²) >= 11 is 5.34. The van der Waals surface area contributed by atoms with Crippen LogP contribution in [0.2, 0.25) is 0 Å². The molecule has 52 valence electrons. The fourth-order valence-corrected chi connectivity index (χ4v) is 0.591. The van der Waals surface area contributed by atoms with Crippen molar-refractivity contribution in [3.63, 3.8) is 0 Å². The monoisotopic (exact) mass is 144 g/mol. The average Bonchev–Trinajstić information content (AvgIpc) is 1.80. The maximum atomic E-state index is 5.34. The van der Waals surface area contributed by atoms with Gasteiger partial charge in [-0.05, 0) is 12.3 Å². The number of rotatable bonds is 2. The number of hydrogen-bond acceptors (Lipinski definition) is 0. The second kappa shape index (κ2) is 5.98. The van der Waals surface area contributed by atoms with Gasteiger partial charge in [-0.2, -0.15) is 0 Å². The molecule has 0 unspecified atom stereocenters. The molecular weight excluding hydrogens is 132 g/mol. The van der Waals surface area contributed by atoms with Crippen molar-refractivity contribution in [1.82, 2.24) is 0 Å². The second-order valence-electron chi connectivity index (χ2n) is 2.42. The highest BCUT2D eigenvalue weighted by Gasteiger charge is 1.88. The Labute approximate surface area is 62.6 Å². The maximum absolute atomic E-state index is 5.34. The molecule has 0 fully saturated rings. The van der Waals surface area contributed by atoms with E-state index in [9.17, 15) is 0 Å². The SMILES string of the molecule is CC(C)CCC#CCCl. The predicted octanol–water partition coefficient (Wildman–Crippen LogP) is 2.66. The molecule has 0 atom stereocenters. The smallest absolute Gasteiger partial charge is 0.0835 e. The van der Waals surface area contributed by atoms with Gasteiger partial charge in [-0.15, -0.1) is 17.5 Å². The van der Waals surface area contributed by atoms with Gasteiger partial charge in [0.15, 0.2) is 0 Å². The lowest BCUT2D eigenvalue weighted by Crippen LogP contribution is -1.83. The first-order chi connectivity index (χ1) is 4.27. The molecule has 0 N–H and O–H groups in total. The Morgan fingerprint density at radius 3 is 2.44 bits per heavy atom. The summed E-state index contributed by atoms with van der Waals surface area (Å²) in [6.07, 6.45) is 2.17. The summed E-state index contributed by atoms with van der Waals surface area (Å²) in [6, 6.07) is 0. The summed E-state index contributed by atoms with van der Waals surface area (Å²) in [5.41, 5.74) is 0. The van der Waals surface area contributed by atoms with E-state index in [1.807, 2.05) is 0 Å². The minimum atomic E-state index is 0.470. The lowest BCUT2D eigenvalue weighted by molar-refractivity contribution is 0.600. The molecule has 0 aromatic rings. The third kappa shape index (κ3) is 7.85. The number of alkyl halides is 1. The Morgan fingerprint density at radius 2 is 2.00 bits per heavy atom. The van der Waals surface area contributed by atoms with Crippen LogP contribution in [0.5, 0.6) is 0 Å². The van der Waals surface area contributed by atoms with E-state index in [0.29, 0.717) is 5.88 Å². The van der Waals surface area contributed by atoms with Crippen molar-refractivity contribution in [2.24, 2.45) is 5.92 Å². The van der Waals surface area contributed by atoms with Gasteiger partial charge in [-0.1, -0.05) is 19.8 Å². The average molecular weight is 145 g/mol. The van der Waals surface area contributed by atoms with Crippen LogP contribution in [0, 0.1) is 17.8 Å². The van der Waals surface area contributed by atoms with Gasteiger partial charge >= 0.3 is 0 Å². The van der Waals surface area contributed by atoms with Crippen molar-refractivity contribution in [1.29, 1.82) is 0 Å². The first-order valence-electron chi connectivity index (χ1n) is 3.29. The molecule has 0 saturated carbocycles. The van der Waals surface area contributed by atoms with E-state index >= 15 is 0 Å². The molecule has 0 spiro atoms. The fraction of sp³-hybridized carbons (Fsp3) is 0.750. The Balaban J connectivity index is 3.09. The van der Waals surface area contributed by atoms with Gasteiger partial charge in [0.25, 0.3) is 0 Å². The van der Waals surface area contributed by atoms with E-state index in [1.54, 1.807) is 0 Å². The highest BCUT2D eigenvalue weighted by Crippen LogP contribution is 2.01. The lowest BCUT2D eigenvalue weighted by Gasteiger charge is -1.96. The van der Waals surface area contributed by atoms with Crippen molar-refractivity contribution in [3.8, 4) is 11.8 Å². The van der Waals surface area contributed by atoms with Gasteiger partial charge in [0.2, 0.25) is 0 Å². The van der Waals surface area contributed by atoms with E-state index in [1.165, 1.54) is 6.42 Å². The number of halogens is 1. The molecule has 0 nitrogen and oxygen atoms in total. The Bertz CT molecular complexity index is 105. The Morgan fingerprint density at radius 1 is 1.33 bits per heavy atom. The summed E-state index contributed by atoms with van der Waals surface area (Å²) in [5.74, 6) is 7.03.